The molecular weight excluding hydrogens is 240 g/mol. The quantitative estimate of drug-likeness (QED) is 0.560. The minimum atomic E-state index is -0.296. The van der Waals surface area contributed by atoms with Crippen LogP contribution >= 0.6 is 11.6 Å². The summed E-state index contributed by atoms with van der Waals surface area (Å²) in [6.45, 7) is 0. The number of nitrogen functional groups attached to an aromatic ring is 1. The molecule has 1 aromatic rings. The molecule has 1 aliphatic carbocycles. The molecule has 0 radical (unpaired) electrons. The molecule has 1 saturated carbocycles. The number of halogens is 1. The summed E-state index contributed by atoms with van der Waals surface area (Å²) in [6.07, 6.45) is 4.54. The van der Waals surface area contributed by atoms with Gasteiger partial charge in [-0.05, 0) is 25.3 Å². The zero-order valence-corrected chi connectivity index (χ0v) is 10.5. The van der Waals surface area contributed by atoms with Crippen molar-refractivity contribution in [1.82, 2.24) is 10.4 Å². The summed E-state index contributed by atoms with van der Waals surface area (Å²) in [6, 6.07) is 1.60. The Bertz CT molecular complexity index is 403. The second kappa shape index (κ2) is 4.78. The van der Waals surface area contributed by atoms with E-state index in [1.165, 1.54) is 6.20 Å². The number of methoxy groups -OCH3 is 1. The van der Waals surface area contributed by atoms with Crippen LogP contribution in [0.4, 0.5) is 5.82 Å². The van der Waals surface area contributed by atoms with Crippen molar-refractivity contribution in [2.75, 3.05) is 12.8 Å². The van der Waals surface area contributed by atoms with Crippen molar-refractivity contribution in [1.29, 1.82) is 0 Å². The van der Waals surface area contributed by atoms with E-state index in [9.17, 15) is 0 Å². The minimum Gasteiger partial charge on any atom is -0.383 e. The zero-order valence-electron chi connectivity index (χ0n) is 9.74. The average molecular weight is 257 g/mol. The fourth-order valence-electron chi connectivity index (χ4n) is 2.36. The molecule has 17 heavy (non-hydrogen) atoms. The number of hydrogen-bond donors (Lipinski definition) is 3. The fraction of sp³-hybridized carbons (Fsp3) is 0.545. The third-order valence-corrected chi connectivity index (χ3v) is 3.73. The summed E-state index contributed by atoms with van der Waals surface area (Å²) in [4.78, 5) is 4.05. The summed E-state index contributed by atoms with van der Waals surface area (Å²) in [5.74, 6) is 6.07. The molecule has 0 aromatic carbocycles. The number of nitrogens with two attached hydrogens (primary N) is 2. The van der Waals surface area contributed by atoms with E-state index in [1.54, 1.807) is 13.2 Å². The highest BCUT2D eigenvalue weighted by Crippen LogP contribution is 2.45. The van der Waals surface area contributed by atoms with Crippen molar-refractivity contribution in [2.24, 2.45) is 5.84 Å². The van der Waals surface area contributed by atoms with Gasteiger partial charge in [0.1, 0.15) is 5.82 Å². The lowest BCUT2D eigenvalue weighted by Gasteiger charge is -2.46. The van der Waals surface area contributed by atoms with Crippen molar-refractivity contribution in [3.8, 4) is 0 Å². The van der Waals surface area contributed by atoms with Crippen LogP contribution in [0.1, 0.15) is 30.9 Å². The first-order valence-electron chi connectivity index (χ1n) is 5.55. The lowest BCUT2D eigenvalue weighted by molar-refractivity contribution is -0.0997. The van der Waals surface area contributed by atoms with Crippen molar-refractivity contribution >= 4 is 17.4 Å². The van der Waals surface area contributed by atoms with Crippen LogP contribution in [0.5, 0.6) is 0 Å². The maximum Gasteiger partial charge on any atom is 0.128 e. The van der Waals surface area contributed by atoms with Crippen molar-refractivity contribution in [3.05, 3.63) is 22.8 Å². The van der Waals surface area contributed by atoms with Crippen LogP contribution in [-0.2, 0) is 4.74 Å². The van der Waals surface area contributed by atoms with Gasteiger partial charge in [0.2, 0.25) is 0 Å². The second-order valence-electron chi connectivity index (χ2n) is 4.35. The van der Waals surface area contributed by atoms with Crippen molar-refractivity contribution < 1.29 is 4.74 Å². The maximum absolute atomic E-state index is 5.94. The van der Waals surface area contributed by atoms with Crippen LogP contribution in [0.2, 0.25) is 5.02 Å². The molecule has 0 saturated heterocycles. The monoisotopic (exact) mass is 256 g/mol. The fourth-order valence-corrected chi connectivity index (χ4v) is 2.52. The predicted molar refractivity (Wildman–Crippen MR) is 67.3 cm³/mol. The van der Waals surface area contributed by atoms with E-state index in [2.05, 4.69) is 10.4 Å². The standard InChI is InChI=1S/C11H17ClN4O/c1-17-11(3-2-4-11)9(16-14)8-5-7(12)6-15-10(8)13/h5-6,9,16H,2-4,14H2,1H3,(H2,13,15). The van der Waals surface area contributed by atoms with Crippen LogP contribution in [0.15, 0.2) is 12.3 Å². The van der Waals surface area contributed by atoms with E-state index in [4.69, 9.17) is 27.9 Å². The van der Waals surface area contributed by atoms with E-state index < -0.39 is 0 Å². The smallest absolute Gasteiger partial charge is 0.128 e. The van der Waals surface area contributed by atoms with Gasteiger partial charge in [-0.15, -0.1) is 0 Å². The number of nitrogens with one attached hydrogen (secondary N) is 1. The Morgan fingerprint density at radius 1 is 1.59 bits per heavy atom. The normalized spacial score (nSPS) is 19.7. The maximum atomic E-state index is 5.94. The number of nitrogens with zero attached hydrogens (tertiary/aromatic N) is 1. The molecule has 1 aromatic heterocycles. The number of hydrazine groups is 1. The number of pyridine rings is 1. The Morgan fingerprint density at radius 3 is 2.76 bits per heavy atom. The van der Waals surface area contributed by atoms with E-state index >= 15 is 0 Å². The summed E-state index contributed by atoms with van der Waals surface area (Å²) in [7, 11) is 1.69. The second-order valence-corrected chi connectivity index (χ2v) is 4.79. The molecule has 0 bridgehead atoms. The SMILES string of the molecule is COC1(C(NN)c2cc(Cl)cnc2N)CCC1. The summed E-state index contributed by atoms with van der Waals surface area (Å²) >= 11 is 5.94. The average Bonchev–Trinajstić information content (AvgIpc) is 2.27. The molecule has 0 spiro atoms. The molecule has 5 nitrogen and oxygen atoms in total. The number of rotatable bonds is 4. The molecular formula is C11H17ClN4O. The van der Waals surface area contributed by atoms with E-state index in [0.717, 1.165) is 24.8 Å². The van der Waals surface area contributed by atoms with Gasteiger partial charge < -0.3 is 10.5 Å². The Balaban J connectivity index is 2.37. The lowest BCUT2D eigenvalue weighted by Crippen LogP contribution is -2.52. The van der Waals surface area contributed by atoms with Gasteiger partial charge in [0.05, 0.1) is 16.7 Å². The topological polar surface area (TPSA) is 86.2 Å². The summed E-state index contributed by atoms with van der Waals surface area (Å²) < 4.78 is 5.61. The Morgan fingerprint density at radius 2 is 2.29 bits per heavy atom. The first kappa shape index (κ1) is 12.6. The molecule has 6 heteroatoms. The highest BCUT2D eigenvalue weighted by atomic mass is 35.5. The van der Waals surface area contributed by atoms with E-state index in [-0.39, 0.29) is 11.6 Å². The van der Waals surface area contributed by atoms with Crippen LogP contribution in [0.3, 0.4) is 0 Å². The summed E-state index contributed by atoms with van der Waals surface area (Å²) in [5, 5.41) is 0.542. The van der Waals surface area contributed by atoms with Gasteiger partial charge in [0.25, 0.3) is 0 Å². The van der Waals surface area contributed by atoms with Gasteiger partial charge in [0, 0.05) is 18.9 Å². The molecule has 0 aliphatic heterocycles. The molecule has 1 atom stereocenters. The van der Waals surface area contributed by atoms with Crippen molar-refractivity contribution in [2.45, 2.75) is 30.9 Å². The van der Waals surface area contributed by atoms with Gasteiger partial charge in [-0.3, -0.25) is 5.84 Å². The van der Waals surface area contributed by atoms with Crippen LogP contribution in [0, 0.1) is 0 Å². The molecule has 1 heterocycles. The molecule has 94 valence electrons. The van der Waals surface area contributed by atoms with E-state index in [1.807, 2.05) is 0 Å². The Hall–Kier alpha value is -0.880. The predicted octanol–water partition coefficient (Wildman–Crippen LogP) is 1.39. The van der Waals surface area contributed by atoms with Gasteiger partial charge in [-0.2, -0.15) is 0 Å². The lowest BCUT2D eigenvalue weighted by atomic mass is 9.72. The number of anilines is 1. The van der Waals surface area contributed by atoms with E-state index in [0.29, 0.717) is 10.8 Å². The van der Waals surface area contributed by atoms with Gasteiger partial charge in [-0.25, -0.2) is 10.4 Å². The first-order valence-corrected chi connectivity index (χ1v) is 5.93. The first-order chi connectivity index (χ1) is 8.13. The van der Waals surface area contributed by atoms with Gasteiger partial charge >= 0.3 is 0 Å². The van der Waals surface area contributed by atoms with Gasteiger partial charge in [-0.1, -0.05) is 11.6 Å². The third kappa shape index (κ3) is 2.11. The molecule has 5 N–H and O–H groups in total. The number of ether oxygens (including phenoxy) is 1. The summed E-state index contributed by atoms with van der Waals surface area (Å²) in [5.41, 5.74) is 9.15. The Kier molecular flexibility index (Phi) is 3.53. The van der Waals surface area contributed by atoms with Crippen LogP contribution < -0.4 is 17.0 Å². The highest BCUT2D eigenvalue weighted by Gasteiger charge is 2.45. The van der Waals surface area contributed by atoms with Crippen LogP contribution in [-0.4, -0.2) is 17.7 Å². The molecule has 0 amide bonds. The number of hydrogen-bond acceptors (Lipinski definition) is 5. The zero-order chi connectivity index (χ0) is 12.5. The minimum absolute atomic E-state index is 0.188. The number of aromatic nitrogens is 1. The molecule has 1 aliphatic rings. The molecule has 2 rings (SSSR count). The van der Waals surface area contributed by atoms with Crippen molar-refractivity contribution in [3.63, 3.8) is 0 Å². The Labute approximate surface area is 105 Å². The molecule has 1 fully saturated rings. The third-order valence-electron chi connectivity index (χ3n) is 3.53. The van der Waals surface area contributed by atoms with Gasteiger partial charge in [0.15, 0.2) is 0 Å². The molecule has 1 unspecified atom stereocenters. The highest BCUT2D eigenvalue weighted by molar-refractivity contribution is 6.30. The van der Waals surface area contributed by atoms with Crippen LogP contribution in [0.25, 0.3) is 0 Å². The largest absolute Gasteiger partial charge is 0.383 e.